The van der Waals surface area contributed by atoms with E-state index in [2.05, 4.69) is 0 Å². The van der Waals surface area contributed by atoms with Crippen molar-refractivity contribution < 1.29 is 14.3 Å². The maximum atomic E-state index is 9.23. The highest BCUT2D eigenvalue weighted by atomic mass is 16.5. The predicted molar refractivity (Wildman–Crippen MR) is 66.0 cm³/mol. The molecule has 0 aliphatic carbocycles. The van der Waals surface area contributed by atoms with Crippen LogP contribution in [0.2, 0.25) is 0 Å². The number of methoxy groups -OCH3 is 1. The van der Waals surface area contributed by atoms with E-state index in [1.807, 2.05) is 37.3 Å². The van der Waals surface area contributed by atoms with E-state index in [-0.39, 0.29) is 6.61 Å². The molecule has 1 N–H and O–H groups in total. The van der Waals surface area contributed by atoms with Crippen LogP contribution in [0.3, 0.4) is 0 Å². The van der Waals surface area contributed by atoms with Crippen LogP contribution in [0.15, 0.2) is 34.7 Å². The summed E-state index contributed by atoms with van der Waals surface area (Å²) in [5.41, 5.74) is 1.81. The molecule has 0 saturated heterocycles. The second kappa shape index (κ2) is 5.06. The number of hydrogen-bond donors (Lipinski definition) is 1. The van der Waals surface area contributed by atoms with Crippen molar-refractivity contribution in [1.82, 2.24) is 0 Å². The molecule has 0 aliphatic heterocycles. The van der Waals surface area contributed by atoms with Crippen LogP contribution >= 0.6 is 0 Å². The second-order valence-corrected chi connectivity index (χ2v) is 3.80. The van der Waals surface area contributed by atoms with E-state index in [0.29, 0.717) is 0 Å². The SMILES string of the molecule is CCc1oc(-c2cccc(OC)c2)cc1CO. The Labute approximate surface area is 101 Å². The van der Waals surface area contributed by atoms with Gasteiger partial charge in [-0.2, -0.15) is 0 Å². The molecule has 0 fully saturated rings. The molecule has 0 aliphatic rings. The van der Waals surface area contributed by atoms with Crippen LogP contribution in [0.1, 0.15) is 18.2 Å². The largest absolute Gasteiger partial charge is 0.497 e. The van der Waals surface area contributed by atoms with Crippen molar-refractivity contribution >= 4 is 0 Å². The van der Waals surface area contributed by atoms with Crippen LogP contribution in [0.5, 0.6) is 5.75 Å². The Morgan fingerprint density at radius 1 is 1.29 bits per heavy atom. The molecule has 0 unspecified atom stereocenters. The number of aliphatic hydroxyl groups is 1. The quantitative estimate of drug-likeness (QED) is 0.881. The van der Waals surface area contributed by atoms with E-state index in [4.69, 9.17) is 9.15 Å². The Bertz CT molecular complexity index is 478. The van der Waals surface area contributed by atoms with Gasteiger partial charge in [0.15, 0.2) is 0 Å². The van der Waals surface area contributed by atoms with Gasteiger partial charge in [0.2, 0.25) is 0 Å². The van der Waals surface area contributed by atoms with Gasteiger partial charge in [0.25, 0.3) is 0 Å². The van der Waals surface area contributed by atoms with Crippen LogP contribution in [-0.2, 0) is 13.0 Å². The van der Waals surface area contributed by atoms with Crippen molar-refractivity contribution in [3.8, 4) is 17.1 Å². The number of rotatable bonds is 4. The van der Waals surface area contributed by atoms with E-state index < -0.39 is 0 Å². The molecule has 0 amide bonds. The van der Waals surface area contributed by atoms with Crippen LogP contribution in [0.4, 0.5) is 0 Å². The standard InChI is InChI=1S/C14H16O3/c1-3-13-11(9-15)8-14(17-13)10-5-4-6-12(7-10)16-2/h4-8,15H,3,9H2,1-2H3. The van der Waals surface area contributed by atoms with Gasteiger partial charge in [0, 0.05) is 17.5 Å². The van der Waals surface area contributed by atoms with E-state index in [1.165, 1.54) is 0 Å². The topological polar surface area (TPSA) is 42.6 Å². The number of ether oxygens (including phenoxy) is 1. The van der Waals surface area contributed by atoms with Crippen molar-refractivity contribution in [2.24, 2.45) is 0 Å². The lowest BCUT2D eigenvalue weighted by Crippen LogP contribution is -1.84. The molecule has 0 bridgehead atoms. The third-order valence-electron chi connectivity index (χ3n) is 2.74. The summed E-state index contributed by atoms with van der Waals surface area (Å²) in [5, 5.41) is 9.23. The number of aliphatic hydroxyl groups excluding tert-OH is 1. The monoisotopic (exact) mass is 232 g/mol. The summed E-state index contributed by atoms with van der Waals surface area (Å²) < 4.78 is 10.9. The van der Waals surface area contributed by atoms with Gasteiger partial charge in [0.05, 0.1) is 13.7 Å². The second-order valence-electron chi connectivity index (χ2n) is 3.80. The first-order valence-corrected chi connectivity index (χ1v) is 5.65. The summed E-state index contributed by atoms with van der Waals surface area (Å²) in [6.07, 6.45) is 0.778. The maximum Gasteiger partial charge on any atom is 0.134 e. The van der Waals surface area contributed by atoms with E-state index in [9.17, 15) is 5.11 Å². The zero-order valence-electron chi connectivity index (χ0n) is 10.1. The van der Waals surface area contributed by atoms with Crippen molar-refractivity contribution in [2.45, 2.75) is 20.0 Å². The molecule has 1 aromatic carbocycles. The minimum Gasteiger partial charge on any atom is -0.497 e. The van der Waals surface area contributed by atoms with Gasteiger partial charge >= 0.3 is 0 Å². The zero-order valence-corrected chi connectivity index (χ0v) is 10.1. The van der Waals surface area contributed by atoms with Crippen molar-refractivity contribution in [1.29, 1.82) is 0 Å². The van der Waals surface area contributed by atoms with Crippen LogP contribution in [0.25, 0.3) is 11.3 Å². The first-order chi connectivity index (χ1) is 8.28. The fourth-order valence-electron chi connectivity index (χ4n) is 1.82. The van der Waals surface area contributed by atoms with Crippen LogP contribution in [0, 0.1) is 0 Å². The highest BCUT2D eigenvalue weighted by Gasteiger charge is 2.10. The molecule has 0 saturated carbocycles. The van der Waals surface area contributed by atoms with Gasteiger partial charge < -0.3 is 14.3 Å². The molecule has 0 spiro atoms. The van der Waals surface area contributed by atoms with Crippen molar-refractivity contribution in [3.63, 3.8) is 0 Å². The summed E-state index contributed by atoms with van der Waals surface area (Å²) in [7, 11) is 1.64. The minimum absolute atomic E-state index is 0.0106. The lowest BCUT2D eigenvalue weighted by atomic mass is 10.1. The molecule has 2 aromatic rings. The van der Waals surface area contributed by atoms with E-state index in [1.54, 1.807) is 7.11 Å². The highest BCUT2D eigenvalue weighted by molar-refractivity contribution is 5.61. The summed E-state index contributed by atoms with van der Waals surface area (Å²) >= 11 is 0. The molecule has 17 heavy (non-hydrogen) atoms. The Balaban J connectivity index is 2.41. The van der Waals surface area contributed by atoms with Gasteiger partial charge in [-0.05, 0) is 18.2 Å². The normalized spacial score (nSPS) is 10.5. The van der Waals surface area contributed by atoms with Crippen LogP contribution < -0.4 is 4.74 Å². The zero-order chi connectivity index (χ0) is 12.3. The molecule has 3 nitrogen and oxygen atoms in total. The lowest BCUT2D eigenvalue weighted by Gasteiger charge is -2.01. The van der Waals surface area contributed by atoms with Crippen LogP contribution in [-0.4, -0.2) is 12.2 Å². The fourth-order valence-corrected chi connectivity index (χ4v) is 1.82. The summed E-state index contributed by atoms with van der Waals surface area (Å²) in [5.74, 6) is 2.40. The van der Waals surface area contributed by atoms with Gasteiger partial charge in [0.1, 0.15) is 17.3 Å². The van der Waals surface area contributed by atoms with Gasteiger partial charge in [-0.25, -0.2) is 0 Å². The Morgan fingerprint density at radius 2 is 2.12 bits per heavy atom. The van der Waals surface area contributed by atoms with Crippen molar-refractivity contribution in [2.75, 3.05) is 7.11 Å². The predicted octanol–water partition coefficient (Wildman–Crippen LogP) is 3.01. The molecule has 0 radical (unpaired) electrons. The average molecular weight is 232 g/mol. The fraction of sp³-hybridized carbons (Fsp3) is 0.286. The highest BCUT2D eigenvalue weighted by Crippen LogP contribution is 2.28. The number of hydrogen-bond acceptors (Lipinski definition) is 3. The minimum atomic E-state index is 0.0106. The summed E-state index contributed by atoms with van der Waals surface area (Å²) in [6, 6.07) is 9.57. The number of furan rings is 1. The summed E-state index contributed by atoms with van der Waals surface area (Å²) in [4.78, 5) is 0. The third kappa shape index (κ3) is 2.34. The molecule has 0 atom stereocenters. The average Bonchev–Trinajstić information content (AvgIpc) is 2.82. The summed E-state index contributed by atoms with van der Waals surface area (Å²) in [6.45, 7) is 2.02. The molecule has 2 rings (SSSR count). The van der Waals surface area contributed by atoms with Gasteiger partial charge in [-0.15, -0.1) is 0 Å². The first kappa shape index (κ1) is 11.7. The molecule has 1 aromatic heterocycles. The third-order valence-corrected chi connectivity index (χ3v) is 2.74. The Kier molecular flexibility index (Phi) is 3.49. The van der Waals surface area contributed by atoms with Crippen molar-refractivity contribution in [3.05, 3.63) is 41.7 Å². The van der Waals surface area contributed by atoms with E-state index in [0.717, 1.165) is 34.8 Å². The number of aryl methyl sites for hydroxylation is 1. The molecular weight excluding hydrogens is 216 g/mol. The Morgan fingerprint density at radius 3 is 2.71 bits per heavy atom. The molecule has 90 valence electrons. The van der Waals surface area contributed by atoms with Gasteiger partial charge in [-0.1, -0.05) is 19.1 Å². The molecule has 1 heterocycles. The number of benzene rings is 1. The first-order valence-electron chi connectivity index (χ1n) is 5.65. The molecule has 3 heteroatoms. The Hall–Kier alpha value is -1.74. The smallest absolute Gasteiger partial charge is 0.134 e. The molecular formula is C14H16O3. The van der Waals surface area contributed by atoms with Gasteiger partial charge in [-0.3, -0.25) is 0 Å². The maximum absolute atomic E-state index is 9.23. The van der Waals surface area contributed by atoms with E-state index >= 15 is 0 Å². The lowest BCUT2D eigenvalue weighted by molar-refractivity contribution is 0.278.